The molecule has 0 bridgehead atoms. The molecule has 0 atom stereocenters. The molecule has 1 N–H and O–H groups in total. The number of nitrogens with zero attached hydrogens (tertiary/aromatic N) is 3. The molecule has 6 nitrogen and oxygen atoms in total. The lowest BCUT2D eigenvalue weighted by Gasteiger charge is -2.18. The number of nitrogens with one attached hydrogen (secondary N) is 1. The maximum atomic E-state index is 13.2. The highest BCUT2D eigenvalue weighted by Gasteiger charge is 2.20. The SMILES string of the molecule is CCN(CC)C(=O)c1ccc(NC(=O)c2cn(-c3ccccc3)nc2-c2cccs2)cc1. The molecule has 0 aliphatic rings. The molecule has 7 heteroatoms. The van der Waals surface area contributed by atoms with Crippen LogP contribution in [0.3, 0.4) is 0 Å². The molecule has 2 aromatic heterocycles. The third-order valence-corrected chi connectivity index (χ3v) is 6.05. The van der Waals surface area contributed by atoms with Gasteiger partial charge in [-0.3, -0.25) is 9.59 Å². The number of rotatable bonds is 7. The van der Waals surface area contributed by atoms with Gasteiger partial charge in [0.1, 0.15) is 5.69 Å². The number of hydrogen-bond acceptors (Lipinski definition) is 4. The van der Waals surface area contributed by atoms with Gasteiger partial charge in [0.2, 0.25) is 0 Å². The fraction of sp³-hybridized carbons (Fsp3) is 0.160. The minimum Gasteiger partial charge on any atom is -0.339 e. The third kappa shape index (κ3) is 4.48. The van der Waals surface area contributed by atoms with Crippen molar-refractivity contribution in [1.82, 2.24) is 14.7 Å². The predicted molar refractivity (Wildman–Crippen MR) is 129 cm³/mol. The standard InChI is InChI=1S/C25H24N4O2S/c1-3-28(4-2)25(31)18-12-14-19(15-13-18)26-24(30)21-17-29(20-9-6-5-7-10-20)27-23(21)22-11-8-16-32-22/h5-17H,3-4H2,1-2H3,(H,26,30). The molecule has 0 spiro atoms. The normalized spacial score (nSPS) is 10.7. The van der Waals surface area contributed by atoms with E-state index in [0.29, 0.717) is 35.6 Å². The zero-order valence-electron chi connectivity index (χ0n) is 18.0. The first kappa shape index (κ1) is 21.5. The highest BCUT2D eigenvalue weighted by molar-refractivity contribution is 7.13. The van der Waals surface area contributed by atoms with E-state index in [4.69, 9.17) is 0 Å². The van der Waals surface area contributed by atoms with Crippen molar-refractivity contribution >= 4 is 28.8 Å². The molecule has 0 aliphatic carbocycles. The van der Waals surface area contributed by atoms with Gasteiger partial charge >= 0.3 is 0 Å². The predicted octanol–water partition coefficient (Wildman–Crippen LogP) is 5.34. The summed E-state index contributed by atoms with van der Waals surface area (Å²) < 4.78 is 1.72. The van der Waals surface area contributed by atoms with Crippen LogP contribution in [0.25, 0.3) is 16.3 Å². The van der Waals surface area contributed by atoms with Gasteiger partial charge in [-0.2, -0.15) is 5.10 Å². The number of hydrogen-bond donors (Lipinski definition) is 1. The van der Waals surface area contributed by atoms with E-state index in [2.05, 4.69) is 10.4 Å². The zero-order chi connectivity index (χ0) is 22.5. The van der Waals surface area contributed by atoms with Crippen molar-refractivity contribution in [3.63, 3.8) is 0 Å². The van der Waals surface area contributed by atoms with Gasteiger partial charge in [-0.05, 0) is 61.7 Å². The van der Waals surface area contributed by atoms with Gasteiger partial charge < -0.3 is 10.2 Å². The van der Waals surface area contributed by atoms with Crippen LogP contribution in [-0.4, -0.2) is 39.6 Å². The maximum absolute atomic E-state index is 13.2. The summed E-state index contributed by atoms with van der Waals surface area (Å²) in [5.74, 6) is -0.268. The smallest absolute Gasteiger partial charge is 0.259 e. The number of amides is 2. The molecule has 0 saturated heterocycles. The van der Waals surface area contributed by atoms with Crippen molar-refractivity contribution in [2.45, 2.75) is 13.8 Å². The van der Waals surface area contributed by atoms with Crippen LogP contribution < -0.4 is 5.32 Å². The Balaban J connectivity index is 1.59. The fourth-order valence-electron chi connectivity index (χ4n) is 3.44. The van der Waals surface area contributed by atoms with Gasteiger partial charge in [-0.15, -0.1) is 11.3 Å². The van der Waals surface area contributed by atoms with Crippen molar-refractivity contribution in [3.8, 4) is 16.3 Å². The van der Waals surface area contributed by atoms with E-state index in [9.17, 15) is 9.59 Å². The van der Waals surface area contributed by atoms with Gasteiger partial charge in [0.25, 0.3) is 11.8 Å². The summed E-state index contributed by atoms with van der Waals surface area (Å²) in [6, 6.07) is 20.6. The minimum absolute atomic E-state index is 0.0167. The second-order valence-corrected chi connectivity index (χ2v) is 8.11. The number of aromatic nitrogens is 2. The summed E-state index contributed by atoms with van der Waals surface area (Å²) in [6.07, 6.45) is 1.75. The number of carbonyl (C=O) groups excluding carboxylic acids is 2. The number of anilines is 1. The number of thiophene rings is 1. The second kappa shape index (κ2) is 9.62. The summed E-state index contributed by atoms with van der Waals surface area (Å²) >= 11 is 1.54. The molecule has 162 valence electrons. The summed E-state index contributed by atoms with van der Waals surface area (Å²) in [5, 5.41) is 9.58. The van der Waals surface area contributed by atoms with Gasteiger partial charge in [0.15, 0.2) is 0 Å². The molecule has 0 radical (unpaired) electrons. The highest BCUT2D eigenvalue weighted by Crippen LogP contribution is 2.28. The fourth-order valence-corrected chi connectivity index (χ4v) is 4.16. The largest absolute Gasteiger partial charge is 0.339 e. The van der Waals surface area contributed by atoms with Gasteiger partial charge in [-0.1, -0.05) is 24.3 Å². The van der Waals surface area contributed by atoms with Gasteiger partial charge in [0.05, 0.1) is 16.1 Å². The van der Waals surface area contributed by atoms with Crippen LogP contribution in [0.2, 0.25) is 0 Å². The van der Waals surface area contributed by atoms with E-state index in [1.807, 2.05) is 61.7 Å². The van der Waals surface area contributed by atoms with Crippen LogP contribution >= 0.6 is 11.3 Å². The molecule has 4 rings (SSSR count). The monoisotopic (exact) mass is 444 g/mol. The third-order valence-electron chi connectivity index (χ3n) is 5.17. The Morgan fingerprint density at radius 3 is 2.31 bits per heavy atom. The number of benzene rings is 2. The summed E-state index contributed by atoms with van der Waals surface area (Å²) in [5.41, 5.74) is 3.22. The molecular formula is C25H24N4O2S. The van der Waals surface area contributed by atoms with E-state index < -0.39 is 0 Å². The van der Waals surface area contributed by atoms with Crippen molar-refractivity contribution < 1.29 is 9.59 Å². The zero-order valence-corrected chi connectivity index (χ0v) is 18.8. The number of para-hydroxylation sites is 1. The first-order valence-corrected chi connectivity index (χ1v) is 11.4. The molecule has 0 saturated carbocycles. The van der Waals surface area contributed by atoms with Crippen LogP contribution in [0.5, 0.6) is 0 Å². The Kier molecular flexibility index (Phi) is 6.47. The molecule has 32 heavy (non-hydrogen) atoms. The lowest BCUT2D eigenvalue weighted by molar-refractivity contribution is 0.0773. The molecule has 2 heterocycles. The number of carbonyl (C=O) groups is 2. The Hall–Kier alpha value is -3.71. The van der Waals surface area contributed by atoms with E-state index >= 15 is 0 Å². The highest BCUT2D eigenvalue weighted by atomic mass is 32.1. The van der Waals surface area contributed by atoms with Crippen molar-refractivity contribution in [2.75, 3.05) is 18.4 Å². The molecule has 2 amide bonds. The Morgan fingerprint density at radius 1 is 0.969 bits per heavy atom. The van der Waals surface area contributed by atoms with Crippen LogP contribution in [0.4, 0.5) is 5.69 Å². The van der Waals surface area contributed by atoms with Crippen LogP contribution in [0.1, 0.15) is 34.6 Å². The lowest BCUT2D eigenvalue weighted by Crippen LogP contribution is -2.30. The Bertz CT molecular complexity index is 1190. The van der Waals surface area contributed by atoms with Crippen LogP contribution in [0.15, 0.2) is 78.3 Å². The minimum atomic E-state index is -0.251. The molecule has 2 aromatic carbocycles. The molecular weight excluding hydrogens is 420 g/mol. The van der Waals surface area contributed by atoms with E-state index in [1.165, 1.54) is 11.3 Å². The first-order valence-electron chi connectivity index (χ1n) is 10.5. The van der Waals surface area contributed by atoms with E-state index in [-0.39, 0.29) is 11.8 Å². The second-order valence-electron chi connectivity index (χ2n) is 7.16. The topological polar surface area (TPSA) is 67.2 Å². The summed E-state index contributed by atoms with van der Waals surface area (Å²) in [4.78, 5) is 28.3. The molecule has 0 unspecified atom stereocenters. The van der Waals surface area contributed by atoms with E-state index in [0.717, 1.165) is 10.6 Å². The summed E-state index contributed by atoms with van der Waals surface area (Å²) in [7, 11) is 0. The molecule has 0 aliphatic heterocycles. The van der Waals surface area contributed by atoms with E-state index in [1.54, 1.807) is 40.0 Å². The first-order chi connectivity index (χ1) is 15.6. The van der Waals surface area contributed by atoms with Crippen molar-refractivity contribution in [1.29, 1.82) is 0 Å². The Morgan fingerprint density at radius 2 is 1.69 bits per heavy atom. The van der Waals surface area contributed by atoms with Gasteiger partial charge in [0, 0.05) is 30.5 Å². The molecule has 4 aromatic rings. The molecule has 0 fully saturated rings. The lowest BCUT2D eigenvalue weighted by atomic mass is 10.1. The average Bonchev–Trinajstić information content (AvgIpc) is 3.51. The van der Waals surface area contributed by atoms with Crippen molar-refractivity contribution in [2.24, 2.45) is 0 Å². The van der Waals surface area contributed by atoms with Crippen LogP contribution in [-0.2, 0) is 0 Å². The van der Waals surface area contributed by atoms with Crippen molar-refractivity contribution in [3.05, 3.63) is 89.4 Å². The quantitative estimate of drug-likeness (QED) is 0.419. The van der Waals surface area contributed by atoms with Crippen LogP contribution in [0, 0.1) is 0 Å². The van der Waals surface area contributed by atoms with Gasteiger partial charge in [-0.25, -0.2) is 4.68 Å². The summed E-state index contributed by atoms with van der Waals surface area (Å²) in [6.45, 7) is 5.23. The maximum Gasteiger partial charge on any atom is 0.259 e. The average molecular weight is 445 g/mol. The Labute approximate surface area is 191 Å².